The molecule has 0 amide bonds. The van der Waals surface area contributed by atoms with Crippen LogP contribution in [-0.2, 0) is 0 Å². The first kappa shape index (κ1) is 11.1. The first-order valence-corrected chi connectivity index (χ1v) is 6.75. The molecule has 2 nitrogen and oxygen atoms in total. The Morgan fingerprint density at radius 1 is 1.35 bits per heavy atom. The fourth-order valence-electron chi connectivity index (χ4n) is 2.87. The van der Waals surface area contributed by atoms with Crippen molar-refractivity contribution in [1.82, 2.24) is 9.97 Å². The third-order valence-electron chi connectivity index (χ3n) is 3.79. The molecule has 1 aromatic carbocycles. The second-order valence-corrected chi connectivity index (χ2v) is 5.69. The molecule has 0 bridgehead atoms. The Kier molecular flexibility index (Phi) is 2.83. The van der Waals surface area contributed by atoms with Crippen LogP contribution in [-0.4, -0.2) is 9.97 Å². The number of hydrogen-bond donors (Lipinski definition) is 1. The zero-order valence-electron chi connectivity index (χ0n) is 10.0. The van der Waals surface area contributed by atoms with E-state index in [-0.39, 0.29) is 0 Å². The quantitative estimate of drug-likeness (QED) is 0.790. The second kappa shape index (κ2) is 4.34. The highest BCUT2D eigenvalue weighted by Crippen LogP contribution is 2.35. The first-order chi connectivity index (χ1) is 8.22. The van der Waals surface area contributed by atoms with Crippen molar-refractivity contribution in [3.05, 3.63) is 29.0 Å². The number of benzene rings is 1. The number of nitrogens with zero attached hydrogens (tertiary/aromatic N) is 1. The zero-order chi connectivity index (χ0) is 11.8. The predicted octanol–water partition coefficient (Wildman–Crippen LogP) is 4.51. The minimum atomic E-state index is 0.602. The van der Waals surface area contributed by atoms with E-state index in [1.807, 2.05) is 18.2 Å². The lowest BCUT2D eigenvalue weighted by Crippen LogP contribution is -2.12. The summed E-state index contributed by atoms with van der Waals surface area (Å²) in [6, 6.07) is 5.86. The van der Waals surface area contributed by atoms with Crippen LogP contribution >= 0.6 is 11.6 Å². The summed E-state index contributed by atoms with van der Waals surface area (Å²) in [4.78, 5) is 8.13. The van der Waals surface area contributed by atoms with Crippen LogP contribution in [0.15, 0.2) is 18.2 Å². The van der Waals surface area contributed by atoms with Crippen LogP contribution in [0.2, 0.25) is 5.02 Å². The van der Waals surface area contributed by atoms with E-state index in [1.54, 1.807) is 0 Å². The Hall–Kier alpha value is -1.02. The SMILES string of the molecule is CC1CCCC(c2nc3cc(Cl)ccc3[nH]2)C1. The number of imidazole rings is 1. The fourth-order valence-corrected chi connectivity index (χ4v) is 3.04. The molecule has 0 aliphatic heterocycles. The lowest BCUT2D eigenvalue weighted by molar-refractivity contribution is 0.337. The van der Waals surface area contributed by atoms with Crippen molar-refractivity contribution >= 4 is 22.6 Å². The molecular formula is C14H17ClN2. The van der Waals surface area contributed by atoms with Gasteiger partial charge in [-0.3, -0.25) is 0 Å². The minimum Gasteiger partial charge on any atom is -0.342 e. The predicted molar refractivity (Wildman–Crippen MR) is 71.5 cm³/mol. The fraction of sp³-hybridized carbons (Fsp3) is 0.500. The number of H-pyrrole nitrogens is 1. The van der Waals surface area contributed by atoms with E-state index in [0.717, 1.165) is 27.8 Å². The van der Waals surface area contributed by atoms with Crippen LogP contribution in [0.4, 0.5) is 0 Å². The molecule has 1 saturated carbocycles. The monoisotopic (exact) mass is 248 g/mol. The molecule has 0 spiro atoms. The Morgan fingerprint density at radius 2 is 2.24 bits per heavy atom. The van der Waals surface area contributed by atoms with Gasteiger partial charge >= 0.3 is 0 Å². The maximum absolute atomic E-state index is 5.98. The van der Waals surface area contributed by atoms with Gasteiger partial charge in [-0.05, 0) is 37.0 Å². The van der Waals surface area contributed by atoms with Gasteiger partial charge in [0.15, 0.2) is 0 Å². The number of fused-ring (bicyclic) bond motifs is 1. The van der Waals surface area contributed by atoms with Crippen LogP contribution in [0.1, 0.15) is 44.3 Å². The molecule has 17 heavy (non-hydrogen) atoms. The lowest BCUT2D eigenvalue weighted by Gasteiger charge is -2.24. The molecular weight excluding hydrogens is 232 g/mol. The molecule has 2 atom stereocenters. The summed E-state index contributed by atoms with van der Waals surface area (Å²) >= 11 is 5.98. The van der Waals surface area contributed by atoms with Crippen LogP contribution in [0.5, 0.6) is 0 Å². The summed E-state index contributed by atoms with van der Waals surface area (Å²) in [6.07, 6.45) is 5.21. The highest BCUT2D eigenvalue weighted by molar-refractivity contribution is 6.31. The maximum atomic E-state index is 5.98. The van der Waals surface area contributed by atoms with Gasteiger partial charge in [0.1, 0.15) is 5.82 Å². The van der Waals surface area contributed by atoms with Crippen molar-refractivity contribution in [2.75, 3.05) is 0 Å². The summed E-state index contributed by atoms with van der Waals surface area (Å²) in [7, 11) is 0. The van der Waals surface area contributed by atoms with Gasteiger partial charge in [-0.2, -0.15) is 0 Å². The zero-order valence-corrected chi connectivity index (χ0v) is 10.8. The average molecular weight is 249 g/mol. The van der Waals surface area contributed by atoms with Crippen molar-refractivity contribution in [2.24, 2.45) is 5.92 Å². The minimum absolute atomic E-state index is 0.602. The van der Waals surface area contributed by atoms with Gasteiger partial charge in [-0.25, -0.2) is 4.98 Å². The molecule has 3 rings (SSSR count). The summed E-state index contributed by atoms with van der Waals surface area (Å²) in [5.41, 5.74) is 2.09. The third-order valence-corrected chi connectivity index (χ3v) is 4.02. The largest absolute Gasteiger partial charge is 0.342 e. The number of aromatic amines is 1. The highest BCUT2D eigenvalue weighted by Gasteiger charge is 2.22. The molecule has 1 N–H and O–H groups in total. The normalized spacial score (nSPS) is 25.3. The Bertz CT molecular complexity index is 532. The Morgan fingerprint density at radius 3 is 3.06 bits per heavy atom. The lowest BCUT2D eigenvalue weighted by atomic mass is 9.82. The molecule has 1 aliphatic rings. The summed E-state index contributed by atoms with van der Waals surface area (Å²) in [5, 5.41) is 0.757. The van der Waals surface area contributed by atoms with E-state index < -0.39 is 0 Å². The number of hydrogen-bond acceptors (Lipinski definition) is 1. The Balaban J connectivity index is 1.94. The van der Waals surface area contributed by atoms with Gasteiger partial charge < -0.3 is 4.98 Å². The molecule has 3 heteroatoms. The van der Waals surface area contributed by atoms with E-state index in [9.17, 15) is 0 Å². The molecule has 0 radical (unpaired) electrons. The average Bonchev–Trinajstić information content (AvgIpc) is 2.72. The third kappa shape index (κ3) is 2.19. The van der Waals surface area contributed by atoms with E-state index in [4.69, 9.17) is 16.6 Å². The molecule has 2 unspecified atom stereocenters. The molecule has 90 valence electrons. The number of halogens is 1. The van der Waals surface area contributed by atoms with Crippen molar-refractivity contribution in [3.8, 4) is 0 Å². The van der Waals surface area contributed by atoms with Crippen LogP contribution in [0.25, 0.3) is 11.0 Å². The molecule has 1 heterocycles. The topological polar surface area (TPSA) is 28.7 Å². The van der Waals surface area contributed by atoms with Gasteiger partial charge in [-0.1, -0.05) is 31.4 Å². The highest BCUT2D eigenvalue weighted by atomic mass is 35.5. The maximum Gasteiger partial charge on any atom is 0.110 e. The molecule has 1 fully saturated rings. The van der Waals surface area contributed by atoms with E-state index in [1.165, 1.54) is 25.7 Å². The van der Waals surface area contributed by atoms with E-state index >= 15 is 0 Å². The van der Waals surface area contributed by atoms with Crippen LogP contribution < -0.4 is 0 Å². The molecule has 1 aromatic heterocycles. The summed E-state index contributed by atoms with van der Waals surface area (Å²) < 4.78 is 0. The smallest absolute Gasteiger partial charge is 0.110 e. The van der Waals surface area contributed by atoms with Gasteiger partial charge in [0.05, 0.1) is 11.0 Å². The van der Waals surface area contributed by atoms with Crippen molar-refractivity contribution in [1.29, 1.82) is 0 Å². The van der Waals surface area contributed by atoms with Crippen LogP contribution in [0.3, 0.4) is 0 Å². The van der Waals surface area contributed by atoms with Gasteiger partial charge in [0, 0.05) is 10.9 Å². The van der Waals surface area contributed by atoms with Crippen molar-refractivity contribution in [3.63, 3.8) is 0 Å². The molecule has 0 saturated heterocycles. The number of aromatic nitrogens is 2. The van der Waals surface area contributed by atoms with E-state index in [2.05, 4.69) is 11.9 Å². The van der Waals surface area contributed by atoms with Gasteiger partial charge in [0.25, 0.3) is 0 Å². The number of rotatable bonds is 1. The Labute approximate surface area is 106 Å². The summed E-state index contributed by atoms with van der Waals surface area (Å²) in [6.45, 7) is 2.34. The van der Waals surface area contributed by atoms with Crippen LogP contribution in [0, 0.1) is 5.92 Å². The van der Waals surface area contributed by atoms with E-state index in [0.29, 0.717) is 5.92 Å². The van der Waals surface area contributed by atoms with Gasteiger partial charge in [0.2, 0.25) is 0 Å². The standard InChI is InChI=1S/C14H17ClN2/c1-9-3-2-4-10(7-9)14-16-12-6-5-11(15)8-13(12)17-14/h5-6,8-10H,2-4,7H2,1H3,(H,16,17). The first-order valence-electron chi connectivity index (χ1n) is 6.37. The second-order valence-electron chi connectivity index (χ2n) is 5.25. The summed E-state index contributed by atoms with van der Waals surface area (Å²) in [5.74, 6) is 2.57. The molecule has 2 aromatic rings. The van der Waals surface area contributed by atoms with Gasteiger partial charge in [-0.15, -0.1) is 0 Å². The van der Waals surface area contributed by atoms with Crippen molar-refractivity contribution < 1.29 is 0 Å². The number of nitrogens with one attached hydrogen (secondary N) is 1. The van der Waals surface area contributed by atoms with Crippen molar-refractivity contribution in [2.45, 2.75) is 38.5 Å². The molecule has 1 aliphatic carbocycles.